The van der Waals surface area contributed by atoms with Gasteiger partial charge in [0.1, 0.15) is 0 Å². The first-order chi connectivity index (χ1) is 5.83. The average Bonchev–Trinajstić information content (AvgIpc) is 2.01. The molecule has 10 heteroatoms. The predicted molar refractivity (Wildman–Crippen MR) is 37.8 cm³/mol. The Morgan fingerprint density at radius 2 is 0.857 bits per heavy atom. The van der Waals surface area contributed by atoms with Gasteiger partial charge in [-0.3, -0.25) is 0 Å². The van der Waals surface area contributed by atoms with E-state index in [4.69, 9.17) is 41.6 Å². The van der Waals surface area contributed by atoms with Crippen LogP contribution in [0.4, 0.5) is 0 Å². The molecule has 0 heterocycles. The van der Waals surface area contributed by atoms with Gasteiger partial charge in [0.05, 0.1) is 14.9 Å². The molecule has 0 saturated carbocycles. The molecule has 1 radical (unpaired) electrons. The normalized spacial score (nSPS) is 9.43. The summed E-state index contributed by atoms with van der Waals surface area (Å²) < 4.78 is 32.7. The van der Waals surface area contributed by atoms with E-state index in [0.29, 0.717) is 0 Å². The van der Waals surface area contributed by atoms with Crippen LogP contribution in [0.5, 0.6) is 0 Å². The van der Waals surface area contributed by atoms with Crippen LogP contribution in [0.3, 0.4) is 0 Å². The Labute approximate surface area is 94.1 Å². The standard InChI is InChI=1S/2C2H4N2.ClHO4.Cu/c2*3-1-2-4;2-1(3,4)5;/h2*1-4H;(H,2,3,4,5);/q2*-2;;+2/b2*2-1-;;. The first-order valence-corrected chi connectivity index (χ1v) is 3.72. The summed E-state index contributed by atoms with van der Waals surface area (Å²) in [5.74, 6) is 0. The Kier molecular flexibility index (Phi) is 30.2. The fourth-order valence-electron chi connectivity index (χ4n) is 0. The second-order valence-electron chi connectivity index (χ2n) is 1.06. The second kappa shape index (κ2) is 18.2. The fraction of sp³-hybridized carbons (Fsp3) is 0. The van der Waals surface area contributed by atoms with Crippen LogP contribution in [0.15, 0.2) is 24.8 Å². The summed E-state index contributed by atoms with van der Waals surface area (Å²) in [5, 5.41) is 0. The van der Waals surface area contributed by atoms with E-state index in [1.807, 2.05) is 0 Å². The zero-order valence-corrected chi connectivity index (χ0v) is 8.36. The number of nitrogens with one attached hydrogen (secondary N) is 4. The Morgan fingerprint density at radius 3 is 0.857 bits per heavy atom. The van der Waals surface area contributed by atoms with E-state index in [0.717, 1.165) is 24.8 Å². The molecule has 0 fully saturated rings. The van der Waals surface area contributed by atoms with Gasteiger partial charge in [-0.15, -0.1) is 0 Å². The van der Waals surface area contributed by atoms with Crippen molar-refractivity contribution in [3.8, 4) is 0 Å². The molecule has 0 spiro atoms. The van der Waals surface area contributed by atoms with Gasteiger partial charge in [0.2, 0.25) is 0 Å². The molecule has 0 aromatic carbocycles. The van der Waals surface area contributed by atoms with Crippen molar-refractivity contribution in [1.82, 2.24) is 0 Å². The molecule has 0 atom stereocenters. The molecule has 14 heavy (non-hydrogen) atoms. The zero-order valence-electron chi connectivity index (χ0n) is 6.66. The van der Waals surface area contributed by atoms with Crippen LogP contribution < -0.4 is 14.0 Å². The summed E-state index contributed by atoms with van der Waals surface area (Å²) in [6, 6.07) is 0. The zero-order chi connectivity index (χ0) is 11.3. The van der Waals surface area contributed by atoms with Crippen molar-refractivity contribution in [3.63, 3.8) is 0 Å². The Balaban J connectivity index is -0.0000000522. The summed E-state index contributed by atoms with van der Waals surface area (Å²) in [6.07, 6.45) is 3.67. The van der Waals surface area contributed by atoms with Gasteiger partial charge in [-0.05, 0) is 0 Å². The van der Waals surface area contributed by atoms with Crippen molar-refractivity contribution in [2.24, 2.45) is 0 Å². The van der Waals surface area contributed by atoms with Crippen LogP contribution in [-0.4, -0.2) is 4.66 Å². The molecule has 8 nitrogen and oxygen atoms in total. The molecular formula is C4H9ClCuN4O4-2. The molecule has 5 N–H and O–H groups in total. The van der Waals surface area contributed by atoms with Crippen molar-refractivity contribution in [1.29, 1.82) is 0 Å². The molecular weight excluding hydrogens is 267 g/mol. The van der Waals surface area contributed by atoms with Gasteiger partial charge in [0.25, 0.3) is 0 Å². The molecule has 0 rings (SSSR count). The third kappa shape index (κ3) is 684. The van der Waals surface area contributed by atoms with Crippen LogP contribution in [0.1, 0.15) is 0 Å². The molecule has 0 aromatic heterocycles. The van der Waals surface area contributed by atoms with Crippen LogP contribution in [0, 0.1) is 10.2 Å². The van der Waals surface area contributed by atoms with Gasteiger partial charge in [0, 0.05) is 0 Å². The van der Waals surface area contributed by atoms with Gasteiger partial charge >= 0.3 is 17.1 Å². The predicted octanol–water partition coefficient (Wildman–Crippen LogP) is -1.00. The van der Waals surface area contributed by atoms with Crippen LogP contribution in [0.25, 0.3) is 22.9 Å². The Morgan fingerprint density at radius 1 is 0.786 bits per heavy atom. The summed E-state index contributed by atoms with van der Waals surface area (Å²) in [6.45, 7) is 0. The molecule has 0 aliphatic rings. The second-order valence-corrected chi connectivity index (χ2v) is 1.85. The van der Waals surface area contributed by atoms with Crippen molar-refractivity contribution >= 4 is 0 Å². The third-order valence-electron chi connectivity index (χ3n) is 0.167. The molecule has 0 amide bonds. The molecule has 0 aliphatic carbocycles. The number of rotatable bonds is 0. The first-order valence-electron chi connectivity index (χ1n) is 2.45. The van der Waals surface area contributed by atoms with Crippen molar-refractivity contribution < 1.29 is 45.9 Å². The largest absolute Gasteiger partial charge is 2.00 e. The van der Waals surface area contributed by atoms with Crippen LogP contribution in [0.2, 0.25) is 0 Å². The fourth-order valence-corrected chi connectivity index (χ4v) is 0. The topological polar surface area (TPSA) is 185 Å². The SMILES string of the molecule is [Cu+2].[NH-]/C=C\[NH-].[NH-]/C=C\[NH-].[O-][Cl+3]([O-])([O-])O. The number of hydrogen-bond donors (Lipinski definition) is 1. The van der Waals surface area contributed by atoms with Crippen LogP contribution in [-0.2, 0) is 17.1 Å². The van der Waals surface area contributed by atoms with Crippen molar-refractivity contribution in [2.45, 2.75) is 0 Å². The van der Waals surface area contributed by atoms with Gasteiger partial charge in [0.15, 0.2) is 0 Å². The molecule has 0 saturated heterocycles. The van der Waals surface area contributed by atoms with Gasteiger partial charge < -0.3 is 22.9 Å². The molecule has 0 aromatic rings. The van der Waals surface area contributed by atoms with E-state index in [1.54, 1.807) is 0 Å². The van der Waals surface area contributed by atoms with E-state index >= 15 is 0 Å². The van der Waals surface area contributed by atoms with E-state index < -0.39 is 10.2 Å². The summed E-state index contributed by atoms with van der Waals surface area (Å²) in [5.41, 5.74) is 24.3. The Hall–Kier alpha value is -0.671. The summed E-state index contributed by atoms with van der Waals surface area (Å²) in [4.78, 5) is 0. The van der Waals surface area contributed by atoms with E-state index in [2.05, 4.69) is 0 Å². The maximum Gasteiger partial charge on any atom is 2.00 e. The maximum atomic E-state index is 8.60. The smallest absolute Gasteiger partial charge is 0.706 e. The minimum atomic E-state index is -4.69. The van der Waals surface area contributed by atoms with E-state index in [1.165, 1.54) is 0 Å². The molecule has 89 valence electrons. The maximum absolute atomic E-state index is 8.60. The minimum absolute atomic E-state index is 0. The van der Waals surface area contributed by atoms with E-state index in [9.17, 15) is 0 Å². The molecule has 0 unspecified atom stereocenters. The average molecular weight is 276 g/mol. The first kappa shape index (κ1) is 23.3. The van der Waals surface area contributed by atoms with Gasteiger partial charge in [-0.25, -0.2) is 24.8 Å². The summed E-state index contributed by atoms with van der Waals surface area (Å²) >= 11 is 0. The third-order valence-corrected chi connectivity index (χ3v) is 0.167. The Bertz CT molecular complexity index is 116. The quantitative estimate of drug-likeness (QED) is 0.556. The summed E-state index contributed by atoms with van der Waals surface area (Å²) in [7, 11) is -4.69. The van der Waals surface area contributed by atoms with E-state index in [-0.39, 0.29) is 17.1 Å². The molecule has 0 bridgehead atoms. The minimum Gasteiger partial charge on any atom is -0.706 e. The number of halogens is 1. The van der Waals surface area contributed by atoms with Gasteiger partial charge in [-0.2, -0.15) is 14.0 Å². The monoisotopic (exact) mass is 275 g/mol. The van der Waals surface area contributed by atoms with Gasteiger partial charge in [-0.1, -0.05) is 0 Å². The number of hydrogen-bond acceptors (Lipinski definition) is 4. The molecule has 0 aliphatic heterocycles. The van der Waals surface area contributed by atoms with Crippen LogP contribution >= 0.6 is 0 Å². The van der Waals surface area contributed by atoms with Crippen molar-refractivity contribution in [2.75, 3.05) is 0 Å². The van der Waals surface area contributed by atoms with Crippen molar-refractivity contribution in [3.05, 3.63) is 47.7 Å².